The minimum Gasteiger partial charge on any atom is -0.494 e. The largest absolute Gasteiger partial charge is 0.494 e. The van der Waals surface area contributed by atoms with Crippen molar-refractivity contribution in [2.75, 3.05) is 6.61 Å². The van der Waals surface area contributed by atoms with Crippen LogP contribution in [0.4, 0.5) is 0 Å². The van der Waals surface area contributed by atoms with E-state index in [2.05, 4.69) is 26.5 Å². The minimum absolute atomic E-state index is 0.313. The Morgan fingerprint density at radius 2 is 1.74 bits per heavy atom. The van der Waals surface area contributed by atoms with Crippen molar-refractivity contribution < 1.29 is 19.1 Å². The second kappa shape index (κ2) is 11.4. The summed E-state index contributed by atoms with van der Waals surface area (Å²) in [7, 11) is 0. The fraction of sp³-hybridized carbons (Fsp3) is 0.107. The van der Waals surface area contributed by atoms with E-state index in [1.54, 1.807) is 48.5 Å². The molecule has 176 valence electrons. The average molecular weight is 531 g/mol. The molecular formula is C28H23BrN2O4. The van der Waals surface area contributed by atoms with E-state index < -0.39 is 5.97 Å². The van der Waals surface area contributed by atoms with E-state index in [9.17, 15) is 9.59 Å². The number of amides is 1. The molecule has 4 aromatic carbocycles. The smallest absolute Gasteiger partial charge is 0.343 e. The van der Waals surface area contributed by atoms with Crippen LogP contribution < -0.4 is 14.9 Å². The molecule has 1 amide bonds. The molecule has 0 fully saturated rings. The molecule has 0 saturated carbocycles. The van der Waals surface area contributed by atoms with Gasteiger partial charge >= 0.3 is 5.97 Å². The molecule has 4 aromatic rings. The van der Waals surface area contributed by atoms with Gasteiger partial charge in [0.25, 0.3) is 5.91 Å². The van der Waals surface area contributed by atoms with Crippen molar-refractivity contribution in [2.45, 2.75) is 13.3 Å². The Morgan fingerprint density at radius 3 is 2.54 bits per heavy atom. The number of hydrogen-bond acceptors (Lipinski definition) is 5. The Kier molecular flexibility index (Phi) is 7.90. The van der Waals surface area contributed by atoms with E-state index in [1.165, 1.54) is 6.21 Å². The first-order chi connectivity index (χ1) is 17.0. The Labute approximate surface area is 211 Å². The second-order valence-electron chi connectivity index (χ2n) is 7.67. The van der Waals surface area contributed by atoms with Gasteiger partial charge in [0.2, 0.25) is 0 Å². The quantitative estimate of drug-likeness (QED) is 0.124. The number of carbonyl (C=O) groups is 2. The molecule has 0 aliphatic carbocycles. The highest BCUT2D eigenvalue weighted by atomic mass is 79.9. The molecule has 7 heteroatoms. The molecule has 0 spiro atoms. The van der Waals surface area contributed by atoms with Crippen LogP contribution in [0.25, 0.3) is 10.8 Å². The van der Waals surface area contributed by atoms with Gasteiger partial charge in [-0.15, -0.1) is 0 Å². The summed E-state index contributed by atoms with van der Waals surface area (Å²) < 4.78 is 11.9. The lowest BCUT2D eigenvalue weighted by atomic mass is 10.0. The van der Waals surface area contributed by atoms with E-state index in [1.807, 2.05) is 43.3 Å². The molecule has 0 heterocycles. The summed E-state index contributed by atoms with van der Waals surface area (Å²) in [6.07, 6.45) is 2.35. The van der Waals surface area contributed by atoms with Gasteiger partial charge in [-0.05, 0) is 65.7 Å². The summed E-state index contributed by atoms with van der Waals surface area (Å²) in [5.74, 6) is 0.162. The third-order valence-electron chi connectivity index (χ3n) is 5.14. The number of halogens is 1. The molecule has 0 bridgehead atoms. The van der Waals surface area contributed by atoms with Gasteiger partial charge in [0, 0.05) is 15.6 Å². The molecule has 0 aromatic heterocycles. The van der Waals surface area contributed by atoms with Crippen LogP contribution in [-0.4, -0.2) is 24.7 Å². The predicted molar refractivity (Wildman–Crippen MR) is 140 cm³/mol. The average Bonchev–Trinajstić information content (AvgIpc) is 2.88. The minimum atomic E-state index is -0.510. The molecule has 4 rings (SSSR count). The zero-order valence-electron chi connectivity index (χ0n) is 19.0. The highest BCUT2D eigenvalue weighted by molar-refractivity contribution is 9.10. The van der Waals surface area contributed by atoms with E-state index in [0.717, 1.165) is 21.7 Å². The lowest BCUT2D eigenvalue weighted by Gasteiger charge is -2.09. The fourth-order valence-corrected chi connectivity index (χ4v) is 3.80. The third-order valence-corrected chi connectivity index (χ3v) is 5.63. The molecule has 6 nitrogen and oxygen atoms in total. The van der Waals surface area contributed by atoms with E-state index in [4.69, 9.17) is 9.47 Å². The van der Waals surface area contributed by atoms with Gasteiger partial charge in [0.15, 0.2) is 0 Å². The molecule has 0 aliphatic rings. The molecular weight excluding hydrogens is 508 g/mol. The zero-order valence-corrected chi connectivity index (χ0v) is 20.6. The molecule has 0 atom stereocenters. The summed E-state index contributed by atoms with van der Waals surface area (Å²) in [4.78, 5) is 25.4. The summed E-state index contributed by atoms with van der Waals surface area (Å²) >= 11 is 3.42. The molecule has 0 aliphatic heterocycles. The van der Waals surface area contributed by atoms with Gasteiger partial charge in [-0.25, -0.2) is 10.2 Å². The number of nitrogens with zero attached hydrogens (tertiary/aromatic N) is 1. The molecule has 0 saturated heterocycles. The Hall–Kier alpha value is -3.97. The third kappa shape index (κ3) is 6.13. The van der Waals surface area contributed by atoms with Crippen LogP contribution in [0.5, 0.6) is 11.5 Å². The Bertz CT molecular complexity index is 1380. The van der Waals surface area contributed by atoms with Crippen LogP contribution in [0.2, 0.25) is 0 Å². The maximum absolute atomic E-state index is 12.7. The Balaban J connectivity index is 1.47. The summed E-state index contributed by atoms with van der Waals surface area (Å²) in [6, 6.07) is 25.1. The topological polar surface area (TPSA) is 77.0 Å². The van der Waals surface area contributed by atoms with Crippen molar-refractivity contribution in [3.8, 4) is 11.5 Å². The lowest BCUT2D eigenvalue weighted by molar-refractivity contribution is 0.0734. The lowest BCUT2D eigenvalue weighted by Crippen LogP contribution is -2.18. The van der Waals surface area contributed by atoms with Crippen LogP contribution >= 0.6 is 15.9 Å². The Morgan fingerprint density at radius 1 is 0.971 bits per heavy atom. The van der Waals surface area contributed by atoms with Crippen molar-refractivity contribution in [1.82, 2.24) is 5.43 Å². The number of rotatable bonds is 8. The van der Waals surface area contributed by atoms with Crippen LogP contribution in [0.3, 0.4) is 0 Å². The monoisotopic (exact) mass is 530 g/mol. The summed E-state index contributed by atoms with van der Waals surface area (Å²) in [5.41, 5.74) is 3.99. The van der Waals surface area contributed by atoms with Gasteiger partial charge in [-0.3, -0.25) is 4.79 Å². The van der Waals surface area contributed by atoms with E-state index in [0.29, 0.717) is 34.8 Å². The first-order valence-corrected chi connectivity index (χ1v) is 11.9. The number of nitrogens with one attached hydrogen (secondary N) is 1. The second-order valence-corrected chi connectivity index (χ2v) is 8.59. The number of hydrazone groups is 1. The maximum atomic E-state index is 12.7. The maximum Gasteiger partial charge on any atom is 0.343 e. The van der Waals surface area contributed by atoms with Gasteiger partial charge in [-0.1, -0.05) is 59.3 Å². The number of ether oxygens (including phenoxy) is 2. The van der Waals surface area contributed by atoms with Gasteiger partial charge in [0.1, 0.15) is 11.5 Å². The summed E-state index contributed by atoms with van der Waals surface area (Å²) in [6.45, 7) is 2.64. The number of carbonyl (C=O) groups excluding carboxylic acids is 2. The number of benzene rings is 4. The van der Waals surface area contributed by atoms with Crippen molar-refractivity contribution in [3.63, 3.8) is 0 Å². The first kappa shape index (κ1) is 24.2. The van der Waals surface area contributed by atoms with Crippen molar-refractivity contribution in [1.29, 1.82) is 0 Å². The fourth-order valence-electron chi connectivity index (χ4n) is 3.42. The van der Waals surface area contributed by atoms with Gasteiger partial charge in [0.05, 0.1) is 18.4 Å². The molecule has 0 unspecified atom stereocenters. The van der Waals surface area contributed by atoms with Gasteiger partial charge < -0.3 is 9.47 Å². The van der Waals surface area contributed by atoms with Crippen molar-refractivity contribution in [2.24, 2.45) is 5.10 Å². The number of fused-ring (bicyclic) bond motifs is 1. The van der Waals surface area contributed by atoms with Crippen LogP contribution in [0, 0.1) is 0 Å². The predicted octanol–water partition coefficient (Wildman–Crippen LogP) is 6.37. The van der Waals surface area contributed by atoms with Crippen LogP contribution in [0.1, 0.15) is 39.6 Å². The van der Waals surface area contributed by atoms with Crippen molar-refractivity contribution >= 4 is 44.8 Å². The normalized spacial score (nSPS) is 10.9. The summed E-state index contributed by atoms with van der Waals surface area (Å²) in [5, 5.41) is 5.90. The standard InChI is InChI=1S/C28H23BrN2O4/c1-2-16-34-23-13-10-20(11-14-23)28(33)35-26-15-12-22(29)17-21(26)18-30-31-27(32)25-9-5-7-19-6-3-4-8-24(19)25/h3-15,17-18H,2,16H2,1H3,(H,31,32). The van der Waals surface area contributed by atoms with E-state index in [-0.39, 0.29) is 5.91 Å². The first-order valence-electron chi connectivity index (χ1n) is 11.1. The number of esters is 1. The van der Waals surface area contributed by atoms with Gasteiger partial charge in [-0.2, -0.15) is 5.10 Å². The van der Waals surface area contributed by atoms with Crippen LogP contribution in [-0.2, 0) is 0 Å². The highest BCUT2D eigenvalue weighted by Crippen LogP contribution is 2.24. The highest BCUT2D eigenvalue weighted by Gasteiger charge is 2.13. The number of hydrogen-bond donors (Lipinski definition) is 1. The SMILES string of the molecule is CCCOc1ccc(C(=O)Oc2ccc(Br)cc2C=NNC(=O)c2cccc3ccccc23)cc1. The molecule has 0 radical (unpaired) electrons. The molecule has 35 heavy (non-hydrogen) atoms. The molecule has 1 N–H and O–H groups in total. The van der Waals surface area contributed by atoms with Crippen molar-refractivity contribution in [3.05, 3.63) is 106 Å². The van der Waals surface area contributed by atoms with Crippen LogP contribution in [0.15, 0.2) is 94.5 Å². The zero-order chi connectivity index (χ0) is 24.6. The van der Waals surface area contributed by atoms with E-state index >= 15 is 0 Å².